The van der Waals surface area contributed by atoms with Gasteiger partial charge in [0.25, 0.3) is 0 Å². The highest BCUT2D eigenvalue weighted by molar-refractivity contribution is 4.96. The molecule has 2 atom stereocenters. The molecule has 0 bridgehead atoms. The van der Waals surface area contributed by atoms with Gasteiger partial charge in [0, 0.05) is 0 Å². The molecule has 1 fully saturated rings. The topological polar surface area (TPSA) is 0 Å². The van der Waals surface area contributed by atoms with Crippen molar-refractivity contribution in [1.82, 2.24) is 0 Å². The van der Waals surface area contributed by atoms with Crippen LogP contribution in [0.3, 0.4) is 0 Å². The van der Waals surface area contributed by atoms with Gasteiger partial charge in [0.2, 0.25) is 0 Å². The maximum absolute atomic E-state index is 3.72. The van der Waals surface area contributed by atoms with Crippen molar-refractivity contribution in [2.24, 2.45) is 11.8 Å². The molecule has 0 aromatic heterocycles. The van der Waals surface area contributed by atoms with E-state index in [-0.39, 0.29) is 0 Å². The molecule has 0 unspecified atom stereocenters. The predicted octanol–water partition coefficient (Wildman–Crippen LogP) is 2.22. The first kappa shape index (κ1) is 4.89. The van der Waals surface area contributed by atoms with E-state index in [1.54, 1.807) is 0 Å². The van der Waals surface area contributed by atoms with Gasteiger partial charge in [-0.15, -0.1) is 6.58 Å². The van der Waals surface area contributed by atoms with Crippen LogP contribution in [-0.4, -0.2) is 0 Å². The standard InChI is InChI=1S/C7H12/c1-3-6-5-7(6)4-2/h3,6-7H,1,4-5H2,2H3/t6-,7+/m0/s1. The van der Waals surface area contributed by atoms with Crippen molar-refractivity contribution in [3.8, 4) is 0 Å². The highest BCUT2D eigenvalue weighted by atomic mass is 14.4. The fourth-order valence-corrected chi connectivity index (χ4v) is 1.03. The Bertz CT molecular complexity index is 74.1. The Balaban J connectivity index is 2.17. The summed E-state index contributed by atoms with van der Waals surface area (Å²) >= 11 is 0. The quantitative estimate of drug-likeness (QED) is 0.462. The number of allylic oxidation sites excluding steroid dienone is 1. The molecule has 1 aliphatic carbocycles. The highest BCUT2D eigenvalue weighted by Crippen LogP contribution is 2.41. The lowest BCUT2D eigenvalue weighted by atomic mass is 10.2. The Morgan fingerprint density at radius 2 is 2.57 bits per heavy atom. The molecule has 0 aromatic carbocycles. The summed E-state index contributed by atoms with van der Waals surface area (Å²) in [5.41, 5.74) is 0. The molecule has 0 heteroatoms. The van der Waals surface area contributed by atoms with Gasteiger partial charge in [0.05, 0.1) is 0 Å². The largest absolute Gasteiger partial charge is 0.103 e. The second-order valence-electron chi connectivity index (χ2n) is 2.30. The predicted molar refractivity (Wildman–Crippen MR) is 32.1 cm³/mol. The molecule has 0 amide bonds. The van der Waals surface area contributed by atoms with Gasteiger partial charge >= 0.3 is 0 Å². The molecular formula is C7H12. The van der Waals surface area contributed by atoms with Crippen molar-refractivity contribution in [1.29, 1.82) is 0 Å². The third-order valence-corrected chi connectivity index (χ3v) is 1.80. The second kappa shape index (κ2) is 1.69. The van der Waals surface area contributed by atoms with E-state index in [0.717, 1.165) is 11.8 Å². The summed E-state index contributed by atoms with van der Waals surface area (Å²) in [4.78, 5) is 0. The monoisotopic (exact) mass is 96.1 g/mol. The van der Waals surface area contributed by atoms with Gasteiger partial charge in [-0.25, -0.2) is 0 Å². The highest BCUT2D eigenvalue weighted by Gasteiger charge is 2.31. The summed E-state index contributed by atoms with van der Waals surface area (Å²) in [7, 11) is 0. The molecule has 0 spiro atoms. The van der Waals surface area contributed by atoms with Crippen molar-refractivity contribution < 1.29 is 0 Å². The lowest BCUT2D eigenvalue weighted by Crippen LogP contribution is -1.70. The minimum Gasteiger partial charge on any atom is -0.103 e. The van der Waals surface area contributed by atoms with E-state index in [1.807, 2.05) is 0 Å². The van der Waals surface area contributed by atoms with E-state index in [1.165, 1.54) is 12.8 Å². The maximum atomic E-state index is 3.72. The average molecular weight is 96.2 g/mol. The van der Waals surface area contributed by atoms with Crippen LogP contribution in [0.4, 0.5) is 0 Å². The molecule has 7 heavy (non-hydrogen) atoms. The molecule has 0 radical (unpaired) electrons. The zero-order chi connectivity index (χ0) is 5.28. The number of hydrogen-bond donors (Lipinski definition) is 0. The van der Waals surface area contributed by atoms with Crippen molar-refractivity contribution in [3.05, 3.63) is 12.7 Å². The first-order chi connectivity index (χ1) is 3.38. The molecular weight excluding hydrogens is 84.1 g/mol. The van der Waals surface area contributed by atoms with Crippen LogP contribution in [0.25, 0.3) is 0 Å². The zero-order valence-corrected chi connectivity index (χ0v) is 4.85. The summed E-state index contributed by atoms with van der Waals surface area (Å²) < 4.78 is 0. The van der Waals surface area contributed by atoms with E-state index in [9.17, 15) is 0 Å². The minimum atomic E-state index is 0.880. The molecule has 0 aliphatic heterocycles. The Kier molecular flexibility index (Phi) is 1.18. The van der Waals surface area contributed by atoms with Gasteiger partial charge in [-0.3, -0.25) is 0 Å². The molecule has 0 aromatic rings. The van der Waals surface area contributed by atoms with E-state index >= 15 is 0 Å². The van der Waals surface area contributed by atoms with E-state index in [4.69, 9.17) is 0 Å². The Morgan fingerprint density at radius 1 is 1.86 bits per heavy atom. The average Bonchev–Trinajstić information content (AvgIpc) is 2.43. The first-order valence-electron chi connectivity index (χ1n) is 3.01. The molecule has 1 rings (SSSR count). The van der Waals surface area contributed by atoms with Crippen molar-refractivity contribution >= 4 is 0 Å². The van der Waals surface area contributed by atoms with Crippen LogP contribution in [0.1, 0.15) is 19.8 Å². The zero-order valence-electron chi connectivity index (χ0n) is 4.85. The maximum Gasteiger partial charge on any atom is -0.0205 e. The number of rotatable bonds is 2. The Morgan fingerprint density at radius 3 is 2.71 bits per heavy atom. The summed E-state index contributed by atoms with van der Waals surface area (Å²) in [6.45, 7) is 5.97. The van der Waals surface area contributed by atoms with Crippen LogP contribution in [0.2, 0.25) is 0 Å². The van der Waals surface area contributed by atoms with Gasteiger partial charge in [-0.1, -0.05) is 19.4 Å². The van der Waals surface area contributed by atoms with Gasteiger partial charge in [-0.2, -0.15) is 0 Å². The third-order valence-electron chi connectivity index (χ3n) is 1.80. The fraction of sp³-hybridized carbons (Fsp3) is 0.714. The normalized spacial score (nSPS) is 37.9. The smallest absolute Gasteiger partial charge is 0.0205 e. The van der Waals surface area contributed by atoms with Gasteiger partial charge in [-0.05, 0) is 18.3 Å². The van der Waals surface area contributed by atoms with Crippen molar-refractivity contribution in [2.45, 2.75) is 19.8 Å². The Labute approximate surface area is 45.2 Å². The second-order valence-corrected chi connectivity index (χ2v) is 2.30. The molecule has 40 valence electrons. The molecule has 1 saturated carbocycles. The lowest BCUT2D eigenvalue weighted by Gasteiger charge is -1.81. The Hall–Kier alpha value is -0.260. The van der Waals surface area contributed by atoms with Crippen LogP contribution in [0.15, 0.2) is 12.7 Å². The molecule has 0 N–H and O–H groups in total. The summed E-state index contributed by atoms with van der Waals surface area (Å²) in [6, 6.07) is 0. The summed E-state index contributed by atoms with van der Waals surface area (Å²) in [5, 5.41) is 0. The summed E-state index contributed by atoms with van der Waals surface area (Å²) in [6.07, 6.45) is 4.82. The van der Waals surface area contributed by atoms with Crippen LogP contribution in [-0.2, 0) is 0 Å². The van der Waals surface area contributed by atoms with Crippen molar-refractivity contribution in [3.63, 3.8) is 0 Å². The van der Waals surface area contributed by atoms with Gasteiger partial charge in [0.15, 0.2) is 0 Å². The van der Waals surface area contributed by atoms with Gasteiger partial charge in [0.1, 0.15) is 0 Å². The molecule has 0 heterocycles. The van der Waals surface area contributed by atoms with Crippen molar-refractivity contribution in [2.75, 3.05) is 0 Å². The molecule has 0 saturated heterocycles. The number of hydrogen-bond acceptors (Lipinski definition) is 0. The van der Waals surface area contributed by atoms with Crippen LogP contribution >= 0.6 is 0 Å². The van der Waals surface area contributed by atoms with Gasteiger partial charge < -0.3 is 0 Å². The van der Waals surface area contributed by atoms with Crippen LogP contribution < -0.4 is 0 Å². The first-order valence-corrected chi connectivity index (χ1v) is 3.01. The van der Waals surface area contributed by atoms with E-state index < -0.39 is 0 Å². The lowest BCUT2D eigenvalue weighted by molar-refractivity contribution is 0.756. The van der Waals surface area contributed by atoms with E-state index in [2.05, 4.69) is 19.6 Å². The van der Waals surface area contributed by atoms with E-state index in [0.29, 0.717) is 0 Å². The van der Waals surface area contributed by atoms with Crippen LogP contribution in [0, 0.1) is 11.8 Å². The van der Waals surface area contributed by atoms with Crippen LogP contribution in [0.5, 0.6) is 0 Å². The SMILES string of the molecule is C=C[C@H]1C[C@H]1CC. The third kappa shape index (κ3) is 0.846. The fourth-order valence-electron chi connectivity index (χ4n) is 1.03. The molecule has 0 nitrogen and oxygen atoms in total. The molecule has 1 aliphatic rings. The summed E-state index contributed by atoms with van der Waals surface area (Å²) in [5.74, 6) is 1.88. The minimum absolute atomic E-state index is 0.880.